The number of anilines is 2. The normalized spacial score (nSPS) is 16.7. The van der Waals surface area contributed by atoms with Gasteiger partial charge in [-0.15, -0.1) is 0 Å². The Hall–Kier alpha value is -3.52. The third-order valence-corrected chi connectivity index (χ3v) is 6.37. The molecular weight excluding hydrogens is 402 g/mol. The maximum absolute atomic E-state index is 13.0. The average molecular weight is 430 g/mol. The zero-order valence-electron chi connectivity index (χ0n) is 18.2. The summed E-state index contributed by atoms with van der Waals surface area (Å²) in [6, 6.07) is 9.34. The van der Waals surface area contributed by atoms with Gasteiger partial charge in [0.05, 0.1) is 23.6 Å². The van der Waals surface area contributed by atoms with E-state index in [1.165, 1.54) is 5.56 Å². The highest BCUT2D eigenvalue weighted by molar-refractivity contribution is 5.92. The third kappa shape index (κ3) is 4.13. The number of fused-ring (bicyclic) bond motifs is 1. The number of carbonyl (C=O) groups excluding carboxylic acids is 1. The van der Waals surface area contributed by atoms with Crippen LogP contribution in [0.5, 0.6) is 0 Å². The lowest BCUT2D eigenvalue weighted by Gasteiger charge is -2.29. The van der Waals surface area contributed by atoms with Crippen LogP contribution in [-0.2, 0) is 13.1 Å². The SMILES string of the molecule is CN1CCC(c2cnc3c(c2)CN(C(=O)Nc2nc(-c4cccnc4)ccc2N)C3)CC1. The van der Waals surface area contributed by atoms with Gasteiger partial charge in [-0.2, -0.15) is 0 Å². The van der Waals surface area contributed by atoms with E-state index in [-0.39, 0.29) is 6.03 Å². The summed E-state index contributed by atoms with van der Waals surface area (Å²) < 4.78 is 0. The number of nitrogen functional groups attached to an aromatic ring is 1. The van der Waals surface area contributed by atoms with Gasteiger partial charge in [-0.3, -0.25) is 15.3 Å². The first kappa shape index (κ1) is 20.4. The van der Waals surface area contributed by atoms with Gasteiger partial charge >= 0.3 is 6.03 Å². The highest BCUT2D eigenvalue weighted by Crippen LogP contribution is 2.31. The number of urea groups is 1. The quantitative estimate of drug-likeness (QED) is 0.661. The van der Waals surface area contributed by atoms with Gasteiger partial charge in [-0.25, -0.2) is 9.78 Å². The van der Waals surface area contributed by atoms with E-state index in [2.05, 4.69) is 38.3 Å². The molecule has 0 radical (unpaired) electrons. The van der Waals surface area contributed by atoms with Crippen molar-refractivity contribution in [3.63, 3.8) is 0 Å². The Bertz CT molecular complexity index is 1130. The van der Waals surface area contributed by atoms with Crippen LogP contribution in [0.1, 0.15) is 35.6 Å². The number of hydrogen-bond donors (Lipinski definition) is 2. The van der Waals surface area contributed by atoms with Crippen molar-refractivity contribution < 1.29 is 4.79 Å². The van der Waals surface area contributed by atoms with E-state index in [1.54, 1.807) is 23.4 Å². The molecule has 5 rings (SSSR count). The number of likely N-dealkylation sites (tertiary alicyclic amines) is 1. The maximum Gasteiger partial charge on any atom is 0.323 e. The lowest BCUT2D eigenvalue weighted by Crippen LogP contribution is -2.31. The zero-order valence-corrected chi connectivity index (χ0v) is 18.2. The van der Waals surface area contributed by atoms with Crippen molar-refractivity contribution in [1.82, 2.24) is 24.8 Å². The molecule has 1 saturated heterocycles. The molecule has 8 nitrogen and oxygen atoms in total. The number of pyridine rings is 3. The Morgan fingerprint density at radius 3 is 2.78 bits per heavy atom. The predicted octanol–water partition coefficient (Wildman–Crippen LogP) is 3.48. The van der Waals surface area contributed by atoms with Gasteiger partial charge in [0.2, 0.25) is 0 Å². The monoisotopic (exact) mass is 429 g/mol. The van der Waals surface area contributed by atoms with Crippen molar-refractivity contribution >= 4 is 17.5 Å². The van der Waals surface area contributed by atoms with Crippen LogP contribution in [0.25, 0.3) is 11.3 Å². The molecule has 164 valence electrons. The molecule has 2 amide bonds. The molecule has 0 saturated carbocycles. The predicted molar refractivity (Wildman–Crippen MR) is 124 cm³/mol. The van der Waals surface area contributed by atoms with E-state index in [0.717, 1.165) is 42.8 Å². The van der Waals surface area contributed by atoms with Crippen molar-refractivity contribution in [3.8, 4) is 11.3 Å². The Morgan fingerprint density at radius 2 is 2.00 bits per heavy atom. The lowest BCUT2D eigenvalue weighted by molar-refractivity contribution is 0.212. The molecule has 0 bridgehead atoms. The van der Waals surface area contributed by atoms with E-state index in [0.29, 0.717) is 36.2 Å². The van der Waals surface area contributed by atoms with Gasteiger partial charge in [0.1, 0.15) is 0 Å². The molecular formula is C24H27N7O. The van der Waals surface area contributed by atoms with E-state index in [9.17, 15) is 4.79 Å². The number of carbonyl (C=O) groups is 1. The van der Waals surface area contributed by atoms with E-state index in [1.807, 2.05) is 24.4 Å². The highest BCUT2D eigenvalue weighted by atomic mass is 16.2. The van der Waals surface area contributed by atoms with Crippen LogP contribution in [0.4, 0.5) is 16.3 Å². The summed E-state index contributed by atoms with van der Waals surface area (Å²) in [5.41, 5.74) is 11.4. The molecule has 2 aliphatic rings. The summed E-state index contributed by atoms with van der Waals surface area (Å²) >= 11 is 0. The third-order valence-electron chi connectivity index (χ3n) is 6.37. The van der Waals surface area contributed by atoms with Crippen molar-refractivity contribution in [2.24, 2.45) is 0 Å². The largest absolute Gasteiger partial charge is 0.396 e. The molecule has 3 aromatic heterocycles. The molecule has 8 heteroatoms. The summed E-state index contributed by atoms with van der Waals surface area (Å²) in [6.07, 6.45) is 7.74. The van der Waals surface area contributed by atoms with Gasteiger partial charge in [0.15, 0.2) is 5.82 Å². The molecule has 0 atom stereocenters. The molecule has 3 N–H and O–H groups in total. The van der Waals surface area contributed by atoms with Crippen LogP contribution in [-0.4, -0.2) is 50.9 Å². The molecule has 1 fully saturated rings. The Kier molecular flexibility index (Phi) is 5.45. The smallest absolute Gasteiger partial charge is 0.323 e. The number of piperidine rings is 1. The minimum atomic E-state index is -0.230. The molecule has 32 heavy (non-hydrogen) atoms. The minimum absolute atomic E-state index is 0.230. The second kappa shape index (κ2) is 8.55. The van der Waals surface area contributed by atoms with Gasteiger partial charge in [-0.1, -0.05) is 6.07 Å². The summed E-state index contributed by atoms with van der Waals surface area (Å²) in [5, 5.41) is 2.88. The molecule has 2 aliphatic heterocycles. The Balaban J connectivity index is 1.28. The average Bonchev–Trinajstić information content (AvgIpc) is 3.25. The number of hydrogen-bond acceptors (Lipinski definition) is 6. The van der Waals surface area contributed by atoms with Crippen LogP contribution in [0.2, 0.25) is 0 Å². The van der Waals surface area contributed by atoms with Crippen molar-refractivity contribution in [2.45, 2.75) is 31.8 Å². The number of nitrogens with zero attached hydrogens (tertiary/aromatic N) is 5. The number of rotatable bonds is 3. The summed E-state index contributed by atoms with van der Waals surface area (Å²) in [6.45, 7) is 3.25. The first-order valence-electron chi connectivity index (χ1n) is 11.0. The fourth-order valence-electron chi connectivity index (χ4n) is 4.41. The standard InChI is InChI=1S/C24H27N7O/c1-30-9-6-16(7-10-30)18-11-19-14-31(15-22(19)27-13-18)24(32)29-23-20(25)4-5-21(28-23)17-3-2-8-26-12-17/h2-5,8,11-13,16H,6-7,9-10,14-15,25H2,1H3,(H,28,29,32). The number of amides is 2. The Labute approximate surface area is 187 Å². The molecule has 0 aromatic carbocycles. The fourth-order valence-corrected chi connectivity index (χ4v) is 4.41. The van der Waals surface area contributed by atoms with Crippen LogP contribution in [0.3, 0.4) is 0 Å². The van der Waals surface area contributed by atoms with Crippen molar-refractivity contribution in [1.29, 1.82) is 0 Å². The van der Waals surface area contributed by atoms with E-state index >= 15 is 0 Å². The lowest BCUT2D eigenvalue weighted by atomic mass is 9.90. The van der Waals surface area contributed by atoms with Crippen LogP contribution in [0, 0.1) is 0 Å². The van der Waals surface area contributed by atoms with Gasteiger partial charge in [0, 0.05) is 30.7 Å². The molecule has 0 spiro atoms. The van der Waals surface area contributed by atoms with Gasteiger partial charge < -0.3 is 15.5 Å². The topological polar surface area (TPSA) is 100 Å². The summed E-state index contributed by atoms with van der Waals surface area (Å²) in [4.78, 5) is 30.4. The first-order valence-corrected chi connectivity index (χ1v) is 11.0. The van der Waals surface area contributed by atoms with Crippen LogP contribution >= 0.6 is 0 Å². The van der Waals surface area contributed by atoms with Crippen molar-refractivity contribution in [3.05, 3.63) is 65.7 Å². The number of nitrogens with one attached hydrogen (secondary N) is 1. The zero-order chi connectivity index (χ0) is 22.1. The first-order chi connectivity index (χ1) is 15.6. The Morgan fingerprint density at radius 1 is 1.16 bits per heavy atom. The fraction of sp³-hybridized carbons (Fsp3) is 0.333. The summed E-state index contributed by atoms with van der Waals surface area (Å²) in [5.74, 6) is 0.901. The number of nitrogens with two attached hydrogens (primary N) is 1. The number of aromatic nitrogens is 3. The second-order valence-corrected chi connectivity index (χ2v) is 8.61. The minimum Gasteiger partial charge on any atom is -0.396 e. The van der Waals surface area contributed by atoms with E-state index < -0.39 is 0 Å². The maximum atomic E-state index is 13.0. The molecule has 3 aromatic rings. The van der Waals surface area contributed by atoms with Gasteiger partial charge in [0.25, 0.3) is 0 Å². The highest BCUT2D eigenvalue weighted by Gasteiger charge is 2.27. The molecule has 0 unspecified atom stereocenters. The molecule has 0 aliphatic carbocycles. The van der Waals surface area contributed by atoms with Crippen LogP contribution in [0.15, 0.2) is 48.9 Å². The van der Waals surface area contributed by atoms with Crippen LogP contribution < -0.4 is 11.1 Å². The summed E-state index contributed by atoms with van der Waals surface area (Å²) in [7, 11) is 2.17. The van der Waals surface area contributed by atoms with Crippen molar-refractivity contribution in [2.75, 3.05) is 31.2 Å². The van der Waals surface area contributed by atoms with E-state index in [4.69, 9.17) is 5.73 Å². The molecule has 5 heterocycles. The second-order valence-electron chi connectivity index (χ2n) is 8.61. The van der Waals surface area contributed by atoms with Gasteiger partial charge in [-0.05, 0) is 74.3 Å².